The molecule has 2 amide bonds. The molecule has 2 N–H and O–H groups in total. The molecule has 0 unspecified atom stereocenters. The minimum absolute atomic E-state index is 0.0852. The van der Waals surface area contributed by atoms with Gasteiger partial charge in [-0.25, -0.2) is 9.97 Å². The number of nitrogens with zero attached hydrogens (tertiary/aromatic N) is 4. The number of aldehydes is 1. The second-order valence-corrected chi connectivity index (χ2v) is 7.09. The smallest absolute Gasteiger partial charge is 0.303 e. The van der Waals surface area contributed by atoms with E-state index in [0.29, 0.717) is 11.2 Å². The molecule has 164 valence electrons. The number of hydrogen-bond acceptors (Lipinski definition) is 7. The van der Waals surface area contributed by atoms with Gasteiger partial charge >= 0.3 is 12.1 Å². The fraction of sp³-hybridized carbons (Fsp3) is 0.389. The number of alkyl halides is 3. The zero-order chi connectivity index (χ0) is 22.9. The lowest BCUT2D eigenvalue weighted by Crippen LogP contribution is -2.44. The summed E-state index contributed by atoms with van der Waals surface area (Å²) in [6, 6.07) is 0. The highest BCUT2D eigenvalue weighted by molar-refractivity contribution is 5.91. The molecule has 1 aliphatic carbocycles. The van der Waals surface area contributed by atoms with Gasteiger partial charge in [0.25, 0.3) is 5.56 Å². The van der Waals surface area contributed by atoms with Gasteiger partial charge in [-0.05, 0) is 6.42 Å². The molecule has 0 spiro atoms. The van der Waals surface area contributed by atoms with Crippen molar-refractivity contribution in [1.82, 2.24) is 24.8 Å². The first-order valence-electron chi connectivity index (χ1n) is 9.12. The van der Waals surface area contributed by atoms with Crippen LogP contribution in [-0.2, 0) is 20.9 Å². The summed E-state index contributed by atoms with van der Waals surface area (Å²) in [5.74, 6) is -3.92. The van der Waals surface area contributed by atoms with Crippen LogP contribution in [0.4, 0.5) is 19.1 Å². The molecule has 0 saturated carbocycles. The Morgan fingerprint density at radius 1 is 1.35 bits per heavy atom. The third kappa shape index (κ3) is 4.59. The summed E-state index contributed by atoms with van der Waals surface area (Å²) in [5, 5.41) is 2.40. The van der Waals surface area contributed by atoms with Crippen LogP contribution >= 0.6 is 0 Å². The van der Waals surface area contributed by atoms with Crippen LogP contribution in [-0.4, -0.2) is 49.1 Å². The van der Waals surface area contributed by atoms with Crippen LogP contribution in [0.25, 0.3) is 11.2 Å². The standard InChI is InChI=1S/C18H17F3N6O4/c1-8(2)14(29)25-17-24-13-12(15(30)26-17)23-10(5-22-13)6-27(16(31)18(19,20)21)11-4-3-9(11)7-28/h4-5,7-9H,3,6H2,1-2H3,(H2,22,24,25,26,29,30)/t9-/m0/s1. The second kappa shape index (κ2) is 8.24. The molecule has 2 heterocycles. The van der Waals surface area contributed by atoms with E-state index in [1.807, 2.05) is 0 Å². The van der Waals surface area contributed by atoms with Gasteiger partial charge in [0.15, 0.2) is 11.2 Å². The number of anilines is 1. The third-order valence-electron chi connectivity index (χ3n) is 4.48. The highest BCUT2D eigenvalue weighted by Crippen LogP contribution is 2.33. The first-order chi connectivity index (χ1) is 14.5. The Morgan fingerprint density at radius 3 is 2.61 bits per heavy atom. The van der Waals surface area contributed by atoms with Gasteiger partial charge in [-0.15, -0.1) is 0 Å². The summed E-state index contributed by atoms with van der Waals surface area (Å²) >= 11 is 0. The summed E-state index contributed by atoms with van der Waals surface area (Å²) in [4.78, 5) is 61.5. The lowest BCUT2D eigenvalue weighted by Gasteiger charge is -2.33. The lowest BCUT2D eigenvalue weighted by molar-refractivity contribution is -0.184. The molecule has 0 bridgehead atoms. The molecule has 0 saturated heterocycles. The number of hydrogen-bond donors (Lipinski definition) is 2. The maximum atomic E-state index is 13.0. The van der Waals surface area contributed by atoms with Gasteiger partial charge in [-0.1, -0.05) is 19.9 Å². The highest BCUT2D eigenvalue weighted by Gasteiger charge is 2.45. The van der Waals surface area contributed by atoms with Crippen molar-refractivity contribution >= 4 is 35.2 Å². The quantitative estimate of drug-likeness (QED) is 0.649. The number of nitrogens with one attached hydrogen (secondary N) is 2. The van der Waals surface area contributed by atoms with E-state index in [1.165, 1.54) is 6.08 Å². The third-order valence-corrected chi connectivity index (χ3v) is 4.48. The summed E-state index contributed by atoms with van der Waals surface area (Å²) in [6.45, 7) is 2.63. The molecule has 1 atom stereocenters. The molecule has 1 aliphatic rings. The fourth-order valence-corrected chi connectivity index (χ4v) is 2.74. The molecule has 0 radical (unpaired) electrons. The number of H-pyrrole nitrogens is 1. The van der Waals surface area contributed by atoms with Gasteiger partial charge in [0.05, 0.1) is 24.4 Å². The number of fused-ring (bicyclic) bond motifs is 1. The molecular weight excluding hydrogens is 421 g/mol. The molecule has 0 aromatic carbocycles. The van der Waals surface area contributed by atoms with Gasteiger partial charge < -0.3 is 9.69 Å². The average molecular weight is 438 g/mol. The number of rotatable bonds is 6. The number of halogens is 3. The Balaban J connectivity index is 1.93. The van der Waals surface area contributed by atoms with E-state index in [0.717, 1.165) is 6.20 Å². The van der Waals surface area contributed by atoms with Crippen LogP contribution in [0.2, 0.25) is 0 Å². The van der Waals surface area contributed by atoms with E-state index < -0.39 is 36.0 Å². The van der Waals surface area contributed by atoms with Crippen LogP contribution in [0.5, 0.6) is 0 Å². The number of amides is 2. The van der Waals surface area contributed by atoms with Crippen molar-refractivity contribution in [2.45, 2.75) is 33.0 Å². The summed E-state index contributed by atoms with van der Waals surface area (Å²) in [6.07, 6.45) is -2.08. The maximum absolute atomic E-state index is 13.0. The Hall–Kier alpha value is -3.64. The fourth-order valence-electron chi connectivity index (χ4n) is 2.74. The first-order valence-corrected chi connectivity index (χ1v) is 9.12. The van der Waals surface area contributed by atoms with Gasteiger partial charge in [0, 0.05) is 11.6 Å². The van der Waals surface area contributed by atoms with Crippen molar-refractivity contribution in [3.8, 4) is 0 Å². The predicted octanol–water partition coefficient (Wildman–Crippen LogP) is 1.30. The van der Waals surface area contributed by atoms with E-state index in [4.69, 9.17) is 0 Å². The minimum atomic E-state index is -5.17. The lowest BCUT2D eigenvalue weighted by atomic mass is 9.90. The van der Waals surface area contributed by atoms with Gasteiger partial charge in [0.2, 0.25) is 11.9 Å². The number of carbonyl (C=O) groups is 3. The van der Waals surface area contributed by atoms with E-state index in [9.17, 15) is 32.3 Å². The average Bonchev–Trinajstić information content (AvgIpc) is 2.66. The molecule has 2 aromatic heterocycles. The Kier molecular flexibility index (Phi) is 5.86. The molecule has 10 nitrogen and oxygen atoms in total. The maximum Gasteiger partial charge on any atom is 0.471 e. The Morgan fingerprint density at radius 2 is 2.06 bits per heavy atom. The zero-order valence-corrected chi connectivity index (χ0v) is 16.4. The Bertz CT molecular complexity index is 1140. The van der Waals surface area contributed by atoms with Crippen LogP contribution in [0.3, 0.4) is 0 Å². The summed E-state index contributed by atoms with van der Waals surface area (Å²) in [7, 11) is 0. The van der Waals surface area contributed by atoms with Crippen LogP contribution in [0.1, 0.15) is 26.0 Å². The van der Waals surface area contributed by atoms with Crippen molar-refractivity contribution in [2.24, 2.45) is 11.8 Å². The predicted molar refractivity (Wildman–Crippen MR) is 100 cm³/mol. The second-order valence-electron chi connectivity index (χ2n) is 7.09. The van der Waals surface area contributed by atoms with Gasteiger partial charge in [-0.3, -0.25) is 24.7 Å². The number of aromatic amines is 1. The topological polar surface area (TPSA) is 138 Å². The van der Waals surface area contributed by atoms with Crippen LogP contribution in [0, 0.1) is 11.8 Å². The number of carbonyl (C=O) groups excluding carboxylic acids is 3. The highest BCUT2D eigenvalue weighted by atomic mass is 19.4. The molecule has 2 aromatic rings. The molecular formula is C18H17F3N6O4. The van der Waals surface area contributed by atoms with E-state index in [-0.39, 0.29) is 40.8 Å². The van der Waals surface area contributed by atoms with Gasteiger partial charge in [-0.2, -0.15) is 18.2 Å². The molecule has 13 heteroatoms. The SMILES string of the molecule is CC(C)C(=O)Nc1nc2ncc(CN(C(=O)C(F)(F)F)C3=CC[C@H]3C=O)nc2c(=O)[nH]1. The summed E-state index contributed by atoms with van der Waals surface area (Å²) in [5.41, 5.74) is -1.41. The molecule has 0 aliphatic heterocycles. The number of allylic oxidation sites excluding steroid dienone is 2. The number of aromatic nitrogens is 4. The van der Waals surface area contributed by atoms with Crippen LogP contribution in [0.15, 0.2) is 22.8 Å². The van der Waals surface area contributed by atoms with Gasteiger partial charge in [0.1, 0.15) is 6.29 Å². The normalized spacial score (nSPS) is 15.9. The van der Waals surface area contributed by atoms with Crippen molar-refractivity contribution in [1.29, 1.82) is 0 Å². The van der Waals surface area contributed by atoms with E-state index in [2.05, 4.69) is 25.3 Å². The van der Waals surface area contributed by atoms with E-state index in [1.54, 1.807) is 13.8 Å². The van der Waals surface area contributed by atoms with Crippen molar-refractivity contribution in [3.05, 3.63) is 34.0 Å². The summed E-state index contributed by atoms with van der Waals surface area (Å²) < 4.78 is 39.1. The van der Waals surface area contributed by atoms with E-state index >= 15 is 0 Å². The zero-order valence-electron chi connectivity index (χ0n) is 16.4. The van der Waals surface area contributed by atoms with Crippen molar-refractivity contribution in [2.75, 3.05) is 5.32 Å². The minimum Gasteiger partial charge on any atom is -0.303 e. The molecule has 31 heavy (non-hydrogen) atoms. The molecule has 0 fully saturated rings. The largest absolute Gasteiger partial charge is 0.471 e. The molecule has 3 rings (SSSR count). The monoisotopic (exact) mass is 438 g/mol. The van der Waals surface area contributed by atoms with Crippen molar-refractivity contribution < 1.29 is 27.6 Å². The van der Waals surface area contributed by atoms with Crippen LogP contribution < -0.4 is 10.9 Å². The first kappa shape index (κ1) is 22.1. The Labute approximate surface area is 172 Å². The van der Waals surface area contributed by atoms with Crippen molar-refractivity contribution in [3.63, 3.8) is 0 Å².